The zero-order chi connectivity index (χ0) is 12.8. The third-order valence-corrected chi connectivity index (χ3v) is 3.41. The molecule has 0 unspecified atom stereocenters. The number of nitrogens with one attached hydrogen (secondary N) is 1. The van der Waals surface area contributed by atoms with Crippen LogP contribution in [-0.4, -0.2) is 11.5 Å². The van der Waals surface area contributed by atoms with Crippen molar-refractivity contribution >= 4 is 17.0 Å². The summed E-state index contributed by atoms with van der Waals surface area (Å²) in [6.07, 6.45) is 0.949. The van der Waals surface area contributed by atoms with Crippen LogP contribution < -0.4 is 5.32 Å². The molecule has 1 aromatic carbocycles. The Morgan fingerprint density at radius 1 is 1.28 bits per heavy atom. The van der Waals surface area contributed by atoms with Crippen LogP contribution in [0.5, 0.6) is 0 Å². The van der Waals surface area contributed by atoms with Crippen molar-refractivity contribution in [3.63, 3.8) is 0 Å². The molecule has 0 aliphatic heterocycles. The molecule has 0 saturated carbocycles. The molecule has 0 amide bonds. The van der Waals surface area contributed by atoms with Crippen LogP contribution in [0, 0.1) is 10.1 Å². The fourth-order valence-corrected chi connectivity index (χ4v) is 2.43. The van der Waals surface area contributed by atoms with Crippen molar-refractivity contribution in [2.75, 3.05) is 6.54 Å². The predicted molar refractivity (Wildman–Crippen MR) is 72.8 cm³/mol. The number of para-hydroxylation sites is 1. The summed E-state index contributed by atoms with van der Waals surface area (Å²) in [5.41, 5.74) is 2.21. The van der Waals surface area contributed by atoms with Crippen molar-refractivity contribution in [3.8, 4) is 0 Å². The van der Waals surface area contributed by atoms with Gasteiger partial charge < -0.3 is 5.32 Å². The molecule has 4 nitrogen and oxygen atoms in total. The van der Waals surface area contributed by atoms with E-state index in [-0.39, 0.29) is 10.6 Å². The van der Waals surface area contributed by atoms with Gasteiger partial charge in [0, 0.05) is 18.2 Å². The first kappa shape index (κ1) is 12.7. The zero-order valence-electron chi connectivity index (χ0n) is 9.83. The quantitative estimate of drug-likeness (QED) is 0.494. The second kappa shape index (κ2) is 6.28. The van der Waals surface area contributed by atoms with E-state index in [1.807, 2.05) is 6.07 Å². The van der Waals surface area contributed by atoms with Gasteiger partial charge in [0.25, 0.3) is 5.69 Å². The lowest BCUT2D eigenvalue weighted by Gasteiger charge is -2.04. The minimum Gasteiger partial charge on any atom is -0.312 e. The lowest BCUT2D eigenvalue weighted by atomic mass is 10.2. The summed E-state index contributed by atoms with van der Waals surface area (Å²) in [6.45, 7) is 1.35. The summed E-state index contributed by atoms with van der Waals surface area (Å²) < 4.78 is 0. The lowest BCUT2D eigenvalue weighted by molar-refractivity contribution is -0.385. The van der Waals surface area contributed by atoms with E-state index in [4.69, 9.17) is 0 Å². The minimum absolute atomic E-state index is 0.181. The molecule has 18 heavy (non-hydrogen) atoms. The van der Waals surface area contributed by atoms with E-state index in [0.717, 1.165) is 18.5 Å². The summed E-state index contributed by atoms with van der Waals surface area (Å²) in [7, 11) is 0. The van der Waals surface area contributed by atoms with Crippen LogP contribution in [0.4, 0.5) is 5.69 Å². The Bertz CT molecular complexity index is 511. The molecule has 0 fully saturated rings. The van der Waals surface area contributed by atoms with Gasteiger partial charge in [0.1, 0.15) is 0 Å². The standard InChI is InChI=1S/C13H14N2O2S/c16-15(17)13-4-2-1-3-12(13)9-14-7-5-11-6-8-18-10-11/h1-4,6,8,10,14H,5,7,9H2. The van der Waals surface area contributed by atoms with Gasteiger partial charge in [-0.15, -0.1) is 0 Å². The monoisotopic (exact) mass is 262 g/mol. The molecule has 0 radical (unpaired) electrons. The van der Waals surface area contributed by atoms with Gasteiger partial charge in [0.2, 0.25) is 0 Å². The Balaban J connectivity index is 1.85. The van der Waals surface area contributed by atoms with Crippen LogP contribution in [0.15, 0.2) is 41.1 Å². The van der Waals surface area contributed by atoms with E-state index in [0.29, 0.717) is 6.54 Å². The van der Waals surface area contributed by atoms with Crippen LogP contribution in [0.3, 0.4) is 0 Å². The van der Waals surface area contributed by atoms with Gasteiger partial charge in [0.15, 0.2) is 0 Å². The molecule has 5 heteroatoms. The summed E-state index contributed by atoms with van der Waals surface area (Å²) in [6, 6.07) is 8.93. The number of hydrogen-bond acceptors (Lipinski definition) is 4. The van der Waals surface area contributed by atoms with E-state index in [9.17, 15) is 10.1 Å². The number of nitro groups is 1. The molecule has 0 aliphatic rings. The topological polar surface area (TPSA) is 55.2 Å². The molecule has 1 N–H and O–H groups in total. The highest BCUT2D eigenvalue weighted by Gasteiger charge is 2.10. The number of nitro benzene ring substituents is 1. The van der Waals surface area contributed by atoms with Gasteiger partial charge >= 0.3 is 0 Å². The number of rotatable bonds is 6. The van der Waals surface area contributed by atoms with Crippen LogP contribution in [0.2, 0.25) is 0 Å². The van der Waals surface area contributed by atoms with Crippen molar-refractivity contribution in [3.05, 3.63) is 62.3 Å². The van der Waals surface area contributed by atoms with Crippen LogP contribution in [0.1, 0.15) is 11.1 Å². The predicted octanol–water partition coefficient (Wildman–Crippen LogP) is 2.99. The zero-order valence-corrected chi connectivity index (χ0v) is 10.7. The second-order valence-electron chi connectivity index (χ2n) is 3.94. The highest BCUT2D eigenvalue weighted by Crippen LogP contribution is 2.17. The maximum atomic E-state index is 10.8. The summed E-state index contributed by atoms with van der Waals surface area (Å²) in [4.78, 5) is 10.5. The number of nitrogens with zero attached hydrogens (tertiary/aromatic N) is 1. The summed E-state index contributed by atoms with van der Waals surface area (Å²) >= 11 is 1.68. The Morgan fingerprint density at radius 2 is 2.11 bits per heavy atom. The van der Waals surface area contributed by atoms with Crippen molar-refractivity contribution < 1.29 is 4.92 Å². The Kier molecular flexibility index (Phi) is 4.44. The van der Waals surface area contributed by atoms with Gasteiger partial charge in [0.05, 0.1) is 4.92 Å². The molecule has 0 bridgehead atoms. The van der Waals surface area contributed by atoms with Crippen LogP contribution in [0.25, 0.3) is 0 Å². The molecule has 2 aromatic rings. The van der Waals surface area contributed by atoms with Crippen molar-refractivity contribution in [2.24, 2.45) is 0 Å². The normalized spacial score (nSPS) is 10.4. The summed E-state index contributed by atoms with van der Waals surface area (Å²) in [5.74, 6) is 0. The molecule has 1 aromatic heterocycles. The highest BCUT2D eigenvalue weighted by atomic mass is 32.1. The van der Waals surface area contributed by atoms with E-state index >= 15 is 0 Å². The first-order valence-electron chi connectivity index (χ1n) is 5.71. The molecule has 0 saturated heterocycles. The third-order valence-electron chi connectivity index (χ3n) is 2.67. The molecule has 0 aliphatic carbocycles. The summed E-state index contributed by atoms with van der Waals surface area (Å²) in [5, 5.41) is 18.2. The van der Waals surface area contributed by atoms with E-state index in [2.05, 4.69) is 22.1 Å². The molecule has 0 atom stereocenters. The van der Waals surface area contributed by atoms with Gasteiger partial charge in [-0.05, 0) is 35.4 Å². The number of hydrogen-bond donors (Lipinski definition) is 1. The smallest absolute Gasteiger partial charge is 0.273 e. The first-order chi connectivity index (χ1) is 8.77. The molecular formula is C13H14N2O2S. The fraction of sp³-hybridized carbons (Fsp3) is 0.231. The number of thiophene rings is 1. The minimum atomic E-state index is -0.337. The van der Waals surface area contributed by atoms with Crippen LogP contribution >= 0.6 is 11.3 Å². The van der Waals surface area contributed by atoms with Gasteiger partial charge in [-0.2, -0.15) is 11.3 Å². The fourth-order valence-electron chi connectivity index (χ4n) is 1.73. The first-order valence-corrected chi connectivity index (χ1v) is 6.66. The maximum absolute atomic E-state index is 10.8. The van der Waals surface area contributed by atoms with Crippen LogP contribution in [-0.2, 0) is 13.0 Å². The molecular weight excluding hydrogens is 248 g/mol. The largest absolute Gasteiger partial charge is 0.312 e. The SMILES string of the molecule is O=[N+]([O-])c1ccccc1CNCCc1ccsc1. The average Bonchev–Trinajstić information content (AvgIpc) is 2.88. The van der Waals surface area contributed by atoms with Crippen molar-refractivity contribution in [1.29, 1.82) is 0 Å². The van der Waals surface area contributed by atoms with Gasteiger partial charge in [-0.1, -0.05) is 18.2 Å². The Labute approximate surface area is 109 Å². The van der Waals surface area contributed by atoms with Gasteiger partial charge in [-0.25, -0.2) is 0 Å². The third kappa shape index (κ3) is 3.38. The highest BCUT2D eigenvalue weighted by molar-refractivity contribution is 7.07. The Hall–Kier alpha value is -1.72. The maximum Gasteiger partial charge on any atom is 0.273 e. The second-order valence-corrected chi connectivity index (χ2v) is 4.72. The molecule has 94 valence electrons. The van der Waals surface area contributed by atoms with Crippen molar-refractivity contribution in [1.82, 2.24) is 5.32 Å². The Morgan fingerprint density at radius 3 is 2.83 bits per heavy atom. The molecule has 2 rings (SSSR count). The van der Waals surface area contributed by atoms with E-state index in [1.54, 1.807) is 23.5 Å². The van der Waals surface area contributed by atoms with E-state index in [1.165, 1.54) is 11.6 Å². The number of benzene rings is 1. The average molecular weight is 262 g/mol. The van der Waals surface area contributed by atoms with Crippen molar-refractivity contribution in [2.45, 2.75) is 13.0 Å². The molecule has 0 spiro atoms. The molecule has 1 heterocycles. The van der Waals surface area contributed by atoms with E-state index < -0.39 is 0 Å². The lowest BCUT2D eigenvalue weighted by Crippen LogP contribution is -2.17. The van der Waals surface area contributed by atoms with Gasteiger partial charge in [-0.3, -0.25) is 10.1 Å².